The Morgan fingerprint density at radius 2 is 2.00 bits per heavy atom. The van der Waals surface area contributed by atoms with E-state index in [1.165, 1.54) is 12.3 Å². The number of hydrogen-bond donors (Lipinski definition) is 1. The smallest absolute Gasteiger partial charge is 0.341 e. The summed E-state index contributed by atoms with van der Waals surface area (Å²) in [6, 6.07) is 8.67. The number of aromatic carboxylic acids is 1. The van der Waals surface area contributed by atoms with Crippen molar-refractivity contribution in [1.82, 2.24) is 14.3 Å². The van der Waals surface area contributed by atoms with Crippen LogP contribution >= 0.6 is 11.6 Å². The SMILES string of the molecule is COc1ccccc1-c1nn2c(c1Cl)-c1cc(=O)c(C(=O)O)cn1[C@H](C(C)(C)C)C2. The summed E-state index contributed by atoms with van der Waals surface area (Å²) in [5.74, 6) is -0.608. The number of pyridine rings is 1. The first-order valence-corrected chi connectivity index (χ1v) is 9.90. The highest BCUT2D eigenvalue weighted by Gasteiger charge is 2.36. The van der Waals surface area contributed by atoms with Gasteiger partial charge in [0.2, 0.25) is 0 Å². The number of para-hydroxylation sites is 1. The number of carbonyl (C=O) groups is 1. The van der Waals surface area contributed by atoms with Gasteiger partial charge in [0.1, 0.15) is 22.7 Å². The van der Waals surface area contributed by atoms with Gasteiger partial charge in [-0.1, -0.05) is 44.5 Å². The van der Waals surface area contributed by atoms with Crippen LogP contribution in [0.2, 0.25) is 5.02 Å². The number of rotatable bonds is 3. The van der Waals surface area contributed by atoms with Gasteiger partial charge in [-0.15, -0.1) is 0 Å². The third kappa shape index (κ3) is 3.10. The zero-order valence-corrected chi connectivity index (χ0v) is 17.9. The molecule has 1 aliphatic heterocycles. The lowest BCUT2D eigenvalue weighted by atomic mass is 9.85. The van der Waals surface area contributed by atoms with Crippen molar-refractivity contribution in [3.8, 4) is 28.4 Å². The number of halogens is 1. The van der Waals surface area contributed by atoms with Gasteiger partial charge in [0.15, 0.2) is 5.43 Å². The summed E-state index contributed by atoms with van der Waals surface area (Å²) in [7, 11) is 1.58. The van der Waals surface area contributed by atoms with Gasteiger partial charge in [-0.05, 0) is 17.5 Å². The van der Waals surface area contributed by atoms with Gasteiger partial charge < -0.3 is 14.4 Å². The molecule has 1 atom stereocenters. The van der Waals surface area contributed by atoms with Crippen LogP contribution in [0.15, 0.2) is 41.3 Å². The molecule has 1 aromatic carbocycles. The number of nitrogens with zero attached hydrogens (tertiary/aromatic N) is 3. The second-order valence-electron chi connectivity index (χ2n) is 8.42. The molecule has 0 radical (unpaired) electrons. The largest absolute Gasteiger partial charge is 0.496 e. The molecular formula is C22H22ClN3O4. The summed E-state index contributed by atoms with van der Waals surface area (Å²) < 4.78 is 9.11. The summed E-state index contributed by atoms with van der Waals surface area (Å²) in [5, 5.41) is 14.6. The molecule has 0 amide bonds. The Labute approximate surface area is 178 Å². The van der Waals surface area contributed by atoms with Crippen LogP contribution in [0.4, 0.5) is 0 Å². The third-order valence-electron chi connectivity index (χ3n) is 5.49. The molecule has 2 aromatic heterocycles. The van der Waals surface area contributed by atoms with Crippen molar-refractivity contribution in [2.45, 2.75) is 33.4 Å². The fourth-order valence-electron chi connectivity index (χ4n) is 3.93. The van der Waals surface area contributed by atoms with Crippen LogP contribution in [0.3, 0.4) is 0 Å². The molecule has 8 heteroatoms. The predicted molar refractivity (Wildman–Crippen MR) is 114 cm³/mol. The first-order chi connectivity index (χ1) is 14.1. The van der Waals surface area contributed by atoms with E-state index in [1.807, 2.05) is 28.8 Å². The van der Waals surface area contributed by atoms with Crippen molar-refractivity contribution in [2.75, 3.05) is 7.11 Å². The van der Waals surface area contributed by atoms with Crippen LogP contribution in [0.5, 0.6) is 5.75 Å². The van der Waals surface area contributed by atoms with Gasteiger partial charge in [-0.2, -0.15) is 5.10 Å². The zero-order valence-electron chi connectivity index (χ0n) is 17.1. The normalized spacial score (nSPS) is 15.4. The van der Waals surface area contributed by atoms with Gasteiger partial charge in [-0.25, -0.2) is 4.79 Å². The first-order valence-electron chi connectivity index (χ1n) is 9.53. The van der Waals surface area contributed by atoms with Gasteiger partial charge >= 0.3 is 5.97 Å². The average molecular weight is 428 g/mol. The zero-order chi connectivity index (χ0) is 21.8. The number of aromatic nitrogens is 3. The van der Waals surface area contributed by atoms with Gasteiger partial charge in [0, 0.05) is 17.8 Å². The van der Waals surface area contributed by atoms with E-state index < -0.39 is 11.4 Å². The summed E-state index contributed by atoms with van der Waals surface area (Å²) in [6.07, 6.45) is 1.42. The fraction of sp³-hybridized carbons (Fsp3) is 0.318. The van der Waals surface area contributed by atoms with Crippen molar-refractivity contribution in [2.24, 2.45) is 5.41 Å². The van der Waals surface area contributed by atoms with Crippen LogP contribution in [0.25, 0.3) is 22.6 Å². The van der Waals surface area contributed by atoms with Crippen molar-refractivity contribution in [1.29, 1.82) is 0 Å². The number of methoxy groups -OCH3 is 1. The molecule has 0 fully saturated rings. The lowest BCUT2D eigenvalue weighted by molar-refractivity contribution is 0.0693. The van der Waals surface area contributed by atoms with E-state index in [2.05, 4.69) is 20.8 Å². The number of fused-ring (bicyclic) bond motifs is 3. The summed E-state index contributed by atoms with van der Waals surface area (Å²) in [4.78, 5) is 24.1. The Kier molecular flexibility index (Phi) is 4.73. The van der Waals surface area contributed by atoms with E-state index in [-0.39, 0.29) is 17.0 Å². The number of hydrogen-bond acceptors (Lipinski definition) is 4. The molecule has 0 saturated heterocycles. The van der Waals surface area contributed by atoms with E-state index in [4.69, 9.17) is 21.4 Å². The minimum Gasteiger partial charge on any atom is -0.496 e. The van der Waals surface area contributed by atoms with Crippen LogP contribution < -0.4 is 10.2 Å². The topological polar surface area (TPSA) is 86.3 Å². The maximum atomic E-state index is 12.5. The molecule has 156 valence electrons. The molecule has 0 spiro atoms. The Hall–Kier alpha value is -3.06. The molecule has 1 aliphatic rings. The molecule has 3 heterocycles. The van der Waals surface area contributed by atoms with E-state index in [9.17, 15) is 14.7 Å². The molecule has 0 bridgehead atoms. The lowest BCUT2D eigenvalue weighted by Gasteiger charge is -2.38. The van der Waals surface area contributed by atoms with Crippen molar-refractivity contribution in [3.63, 3.8) is 0 Å². The van der Waals surface area contributed by atoms with Gasteiger partial charge in [0.25, 0.3) is 0 Å². The quantitative estimate of drug-likeness (QED) is 0.671. The molecule has 1 N–H and O–H groups in total. The average Bonchev–Trinajstić information content (AvgIpc) is 3.02. The van der Waals surface area contributed by atoms with Crippen LogP contribution in [-0.4, -0.2) is 32.5 Å². The number of benzene rings is 1. The molecular weight excluding hydrogens is 406 g/mol. The molecule has 0 unspecified atom stereocenters. The molecule has 4 rings (SSSR count). The van der Waals surface area contributed by atoms with E-state index >= 15 is 0 Å². The van der Waals surface area contributed by atoms with Crippen LogP contribution in [0, 0.1) is 5.41 Å². The molecule has 7 nitrogen and oxygen atoms in total. The standard InChI is InChI=1S/C22H22ClN3O4/c1-22(2,3)17-11-26-20(14-9-15(27)13(21(28)29)10-25(14)17)18(23)19(24-26)12-7-5-6-8-16(12)30-4/h5-10,17H,11H2,1-4H3,(H,28,29)/t17-/m0/s1. The van der Waals surface area contributed by atoms with Crippen LogP contribution in [0.1, 0.15) is 37.2 Å². The Morgan fingerprint density at radius 3 is 2.63 bits per heavy atom. The van der Waals surface area contributed by atoms with Crippen molar-refractivity contribution < 1.29 is 14.6 Å². The van der Waals surface area contributed by atoms with Crippen molar-refractivity contribution >= 4 is 17.6 Å². The second kappa shape index (κ2) is 7.02. The number of ether oxygens (including phenoxy) is 1. The lowest BCUT2D eigenvalue weighted by Crippen LogP contribution is -2.35. The number of carboxylic acids is 1. The molecule has 30 heavy (non-hydrogen) atoms. The highest BCUT2D eigenvalue weighted by molar-refractivity contribution is 6.35. The molecule has 0 aliphatic carbocycles. The highest BCUT2D eigenvalue weighted by Crippen LogP contribution is 2.45. The van der Waals surface area contributed by atoms with Gasteiger partial charge in [-0.3, -0.25) is 9.48 Å². The van der Waals surface area contributed by atoms with E-state index in [1.54, 1.807) is 11.8 Å². The minimum atomic E-state index is -1.25. The highest BCUT2D eigenvalue weighted by atomic mass is 35.5. The summed E-state index contributed by atoms with van der Waals surface area (Å²) >= 11 is 6.78. The van der Waals surface area contributed by atoms with E-state index in [0.29, 0.717) is 34.4 Å². The maximum absolute atomic E-state index is 12.5. The number of carboxylic acid groups (broad SMARTS) is 1. The Balaban J connectivity index is 2.01. The predicted octanol–water partition coefficient (Wildman–Crippen LogP) is 4.34. The summed E-state index contributed by atoms with van der Waals surface area (Å²) in [5.41, 5.74) is 1.39. The maximum Gasteiger partial charge on any atom is 0.341 e. The monoisotopic (exact) mass is 427 g/mol. The van der Waals surface area contributed by atoms with Gasteiger partial charge in [0.05, 0.1) is 30.4 Å². The molecule has 0 saturated carbocycles. The fourth-order valence-corrected chi connectivity index (χ4v) is 4.26. The van der Waals surface area contributed by atoms with Crippen molar-refractivity contribution in [3.05, 3.63) is 57.3 Å². The summed E-state index contributed by atoms with van der Waals surface area (Å²) in [6.45, 7) is 6.69. The first kappa shape index (κ1) is 20.2. The van der Waals surface area contributed by atoms with E-state index in [0.717, 1.165) is 5.56 Å². The Bertz CT molecular complexity index is 1220. The third-order valence-corrected chi connectivity index (χ3v) is 5.85. The second-order valence-corrected chi connectivity index (χ2v) is 8.80. The Morgan fingerprint density at radius 1 is 1.30 bits per heavy atom. The molecule has 3 aromatic rings. The van der Waals surface area contributed by atoms with Crippen LogP contribution in [-0.2, 0) is 6.54 Å². The minimum absolute atomic E-state index is 0.125.